The zero-order valence-electron chi connectivity index (χ0n) is 22.2. The molecule has 0 aliphatic heterocycles. The Bertz CT molecular complexity index is 1100. The van der Waals surface area contributed by atoms with E-state index in [1.165, 1.54) is 12.1 Å². The number of aromatic nitrogens is 1. The van der Waals surface area contributed by atoms with Crippen molar-refractivity contribution in [3.05, 3.63) is 61.3 Å². The third-order valence-corrected chi connectivity index (χ3v) is 14.6. The van der Waals surface area contributed by atoms with Crippen molar-refractivity contribution >= 4 is 51.5 Å². The van der Waals surface area contributed by atoms with Crippen molar-refractivity contribution in [1.82, 2.24) is 9.71 Å². The van der Waals surface area contributed by atoms with Gasteiger partial charge in [-0.1, -0.05) is 20.8 Å². The maximum absolute atomic E-state index is 14.0. The third kappa shape index (κ3) is 6.98. The minimum absolute atomic E-state index is 0.0537. The van der Waals surface area contributed by atoms with Crippen molar-refractivity contribution in [1.29, 1.82) is 0 Å². The zero-order valence-corrected chi connectivity index (χ0v) is 27.2. The van der Waals surface area contributed by atoms with E-state index in [-0.39, 0.29) is 17.6 Å². The van der Waals surface area contributed by atoms with E-state index >= 15 is 0 Å². The number of hydrogen-bond donors (Lipinski definition) is 1. The van der Waals surface area contributed by atoms with E-state index in [1.54, 1.807) is 0 Å². The van der Waals surface area contributed by atoms with E-state index in [0.29, 0.717) is 11.3 Å². The maximum atomic E-state index is 14.0. The number of nitrogens with one attached hydrogen (secondary N) is 1. The number of hydrogen-bond acceptors (Lipinski definition) is 4. The summed E-state index contributed by atoms with van der Waals surface area (Å²) in [5.41, 5.74) is 3.31. The van der Waals surface area contributed by atoms with Crippen LogP contribution in [0, 0.1) is 11.6 Å². The number of pyridine rings is 1. The van der Waals surface area contributed by atoms with Crippen LogP contribution in [0.1, 0.15) is 70.0 Å². The molecule has 0 saturated heterocycles. The second-order valence-corrected chi connectivity index (χ2v) is 20.3. The molecule has 1 aromatic carbocycles. The average molecular weight is 667 g/mol. The molecule has 2 aromatic rings. The molecule has 0 radical (unpaired) electrons. The lowest BCUT2D eigenvalue weighted by molar-refractivity contribution is 0.191. The number of halogens is 4. The van der Waals surface area contributed by atoms with Gasteiger partial charge in [-0.25, -0.2) is 13.8 Å². The van der Waals surface area contributed by atoms with Crippen LogP contribution in [0.25, 0.3) is 0 Å². The van der Waals surface area contributed by atoms with Crippen LogP contribution >= 0.6 is 31.9 Å². The molecule has 0 unspecified atom stereocenters. The van der Waals surface area contributed by atoms with Crippen molar-refractivity contribution in [2.45, 2.75) is 95.8 Å². The molecule has 3 rings (SSSR count). The van der Waals surface area contributed by atoms with Gasteiger partial charge < -0.3 is 8.98 Å². The summed E-state index contributed by atoms with van der Waals surface area (Å²) in [5, 5.41) is 0.103. The van der Waals surface area contributed by atoms with Crippen LogP contribution in [0.5, 0.6) is 0 Å². The lowest BCUT2D eigenvalue weighted by Crippen LogP contribution is -2.44. The number of nitrogens with zero attached hydrogens (tertiary/aromatic N) is 1. The van der Waals surface area contributed by atoms with Crippen LogP contribution in [-0.4, -0.2) is 28.7 Å². The van der Waals surface area contributed by atoms with Gasteiger partial charge in [-0.3, -0.25) is 0 Å². The fourth-order valence-corrected chi connectivity index (χ4v) is 7.47. The summed E-state index contributed by atoms with van der Waals surface area (Å²) >= 11 is 6.02. The van der Waals surface area contributed by atoms with Gasteiger partial charge in [0, 0.05) is 28.3 Å². The Balaban J connectivity index is 1.98. The lowest BCUT2D eigenvalue weighted by Gasteiger charge is -2.38. The van der Waals surface area contributed by atoms with Gasteiger partial charge in [0.2, 0.25) is 0 Å². The topological polar surface area (TPSA) is 57.2 Å². The first-order chi connectivity index (χ1) is 16.4. The van der Waals surface area contributed by atoms with E-state index < -0.39 is 42.1 Å². The summed E-state index contributed by atoms with van der Waals surface area (Å²) in [6.07, 6.45) is 1.77. The Morgan fingerprint density at radius 2 is 1.64 bits per heavy atom. The molecular formula is C26H36Br2F2N2O2SSi. The molecular weight excluding hydrogens is 630 g/mol. The van der Waals surface area contributed by atoms with Crippen LogP contribution in [0.4, 0.5) is 8.78 Å². The molecule has 10 heteroatoms. The monoisotopic (exact) mass is 664 g/mol. The van der Waals surface area contributed by atoms with Gasteiger partial charge in [0.15, 0.2) is 8.32 Å². The average Bonchev–Trinajstić information content (AvgIpc) is 3.12. The Morgan fingerprint density at radius 1 is 1.08 bits per heavy atom. The van der Waals surface area contributed by atoms with Gasteiger partial charge in [-0.15, -0.1) is 4.72 Å². The molecule has 3 atom stereocenters. The highest BCUT2D eigenvalue weighted by Gasteiger charge is 2.42. The molecule has 0 bridgehead atoms. The van der Waals surface area contributed by atoms with E-state index in [2.05, 4.69) is 70.4 Å². The Hall–Kier alpha value is -0.363. The lowest BCUT2D eigenvalue weighted by atomic mass is 10.0. The maximum Gasteiger partial charge on any atom is 0.192 e. The van der Waals surface area contributed by atoms with E-state index in [9.17, 15) is 13.3 Å². The molecule has 1 aromatic heterocycles. The predicted octanol–water partition coefficient (Wildman–Crippen LogP) is 7.71. The molecule has 1 aliphatic rings. The molecule has 1 aliphatic carbocycles. The van der Waals surface area contributed by atoms with Crippen LogP contribution < -0.4 is 4.72 Å². The largest absolute Gasteiger partial charge is 0.598 e. The second kappa shape index (κ2) is 11.0. The molecule has 4 nitrogen and oxygen atoms in total. The Kier molecular flexibility index (Phi) is 9.24. The van der Waals surface area contributed by atoms with Crippen molar-refractivity contribution in [2.75, 3.05) is 0 Å². The SMILES string of the molecule is CC(C)(C)[S@+]([O-])N[C@@H](Cc1cc(F)cc(F)c1)c1nc(Br)c2c(c1Br)C[C@H](O[Si](C)(C)C(C)(C)C)C2. The highest BCUT2D eigenvalue weighted by atomic mass is 79.9. The van der Waals surface area contributed by atoms with Crippen molar-refractivity contribution in [3.8, 4) is 0 Å². The molecule has 0 fully saturated rings. The highest BCUT2D eigenvalue weighted by Crippen LogP contribution is 2.43. The van der Waals surface area contributed by atoms with Crippen molar-refractivity contribution in [3.63, 3.8) is 0 Å². The van der Waals surface area contributed by atoms with E-state index in [0.717, 1.165) is 39.1 Å². The fraction of sp³-hybridized carbons (Fsp3) is 0.577. The number of benzene rings is 1. The number of rotatable bonds is 7. The molecule has 0 spiro atoms. The zero-order chi connectivity index (χ0) is 27.2. The summed E-state index contributed by atoms with van der Waals surface area (Å²) in [5.74, 6) is -1.29. The van der Waals surface area contributed by atoms with Gasteiger partial charge >= 0.3 is 0 Å². The van der Waals surface area contributed by atoms with Gasteiger partial charge in [0.05, 0.1) is 17.8 Å². The molecule has 200 valence electrons. The first-order valence-corrected chi connectivity index (χ1v) is 17.7. The van der Waals surface area contributed by atoms with Crippen LogP contribution in [0.2, 0.25) is 18.1 Å². The Morgan fingerprint density at radius 3 is 2.17 bits per heavy atom. The number of fused-ring (bicyclic) bond motifs is 1. The van der Waals surface area contributed by atoms with Gasteiger partial charge in [0.25, 0.3) is 0 Å². The minimum Gasteiger partial charge on any atom is -0.598 e. The molecule has 1 N–H and O–H groups in total. The van der Waals surface area contributed by atoms with Crippen LogP contribution in [-0.2, 0) is 35.1 Å². The molecule has 36 heavy (non-hydrogen) atoms. The van der Waals surface area contributed by atoms with Crippen LogP contribution in [0.15, 0.2) is 27.3 Å². The summed E-state index contributed by atoms with van der Waals surface area (Å²) < 4.78 is 51.9. The standard InChI is InChI=1S/C26H36Br2F2N2O2SSi/c1-25(2,3)35(33)32-21(11-15-9-16(29)12-17(30)10-15)23-22(27)19-13-18(14-20(19)24(28)31-23)34-36(7,8)26(4,5)6/h9-10,12,18,21,32H,11,13-14H2,1-8H3/t18-,21-,35-/m0/s1. The smallest absolute Gasteiger partial charge is 0.192 e. The second-order valence-electron chi connectivity index (χ2n) is 12.0. The fourth-order valence-electron chi connectivity index (χ4n) is 3.95. The summed E-state index contributed by atoms with van der Waals surface area (Å²) in [6, 6.07) is 2.92. The molecule has 1 heterocycles. The highest BCUT2D eigenvalue weighted by molar-refractivity contribution is 9.11. The quantitative estimate of drug-likeness (QED) is 0.187. The van der Waals surface area contributed by atoms with E-state index in [1.807, 2.05) is 20.8 Å². The first-order valence-electron chi connectivity index (χ1n) is 12.1. The molecule has 0 saturated carbocycles. The summed E-state index contributed by atoms with van der Waals surface area (Å²) in [6.45, 7) is 16.8. The minimum atomic E-state index is -1.96. The molecule has 0 amide bonds. The van der Waals surface area contributed by atoms with Gasteiger partial charge in [0.1, 0.15) is 21.0 Å². The van der Waals surface area contributed by atoms with E-state index in [4.69, 9.17) is 9.41 Å². The van der Waals surface area contributed by atoms with Gasteiger partial charge in [-0.05, 0) is 112 Å². The predicted molar refractivity (Wildman–Crippen MR) is 153 cm³/mol. The van der Waals surface area contributed by atoms with Crippen molar-refractivity contribution in [2.24, 2.45) is 0 Å². The normalized spacial score (nSPS) is 18.3. The summed E-state index contributed by atoms with van der Waals surface area (Å²) in [4.78, 5) is 4.84. The third-order valence-electron chi connectivity index (χ3n) is 6.95. The first kappa shape index (κ1) is 30.2. The van der Waals surface area contributed by atoms with Crippen molar-refractivity contribution < 1.29 is 17.8 Å². The summed E-state index contributed by atoms with van der Waals surface area (Å²) in [7, 11) is -1.96. The van der Waals surface area contributed by atoms with Gasteiger partial charge in [-0.2, -0.15) is 0 Å². The van der Waals surface area contributed by atoms with Crippen LogP contribution in [0.3, 0.4) is 0 Å². The Labute approximate surface area is 235 Å².